The SMILES string of the molecule is CCOC(=O)c1c(NC2CCCCC2)sc(C#N)c1N. The molecule has 1 aromatic heterocycles. The average Bonchev–Trinajstić information content (AvgIpc) is 2.76. The average molecular weight is 293 g/mol. The number of carbonyl (C=O) groups is 1. The summed E-state index contributed by atoms with van der Waals surface area (Å²) in [4.78, 5) is 12.4. The van der Waals surface area contributed by atoms with E-state index in [0.29, 0.717) is 28.1 Å². The first-order chi connectivity index (χ1) is 9.67. The molecule has 108 valence electrons. The Bertz CT molecular complexity index is 527. The van der Waals surface area contributed by atoms with Crippen molar-refractivity contribution < 1.29 is 9.53 Å². The molecule has 0 bridgehead atoms. The summed E-state index contributed by atoms with van der Waals surface area (Å²) in [6.45, 7) is 2.04. The van der Waals surface area contributed by atoms with Gasteiger partial charge in [0.05, 0.1) is 12.3 Å². The molecule has 20 heavy (non-hydrogen) atoms. The zero-order valence-electron chi connectivity index (χ0n) is 11.6. The van der Waals surface area contributed by atoms with E-state index in [9.17, 15) is 4.79 Å². The van der Waals surface area contributed by atoms with E-state index in [4.69, 9.17) is 15.7 Å². The molecule has 1 aromatic rings. The molecule has 1 heterocycles. The lowest BCUT2D eigenvalue weighted by Gasteiger charge is -2.23. The number of carbonyl (C=O) groups excluding carboxylic acids is 1. The fourth-order valence-electron chi connectivity index (χ4n) is 2.47. The van der Waals surface area contributed by atoms with Crippen LogP contribution in [0.1, 0.15) is 54.3 Å². The summed E-state index contributed by atoms with van der Waals surface area (Å²) in [6.07, 6.45) is 5.82. The Morgan fingerprint density at radius 1 is 1.50 bits per heavy atom. The van der Waals surface area contributed by atoms with E-state index in [2.05, 4.69) is 5.32 Å². The Hall–Kier alpha value is -1.74. The maximum absolute atomic E-state index is 12.0. The topological polar surface area (TPSA) is 88.1 Å². The molecule has 0 unspecified atom stereocenters. The number of hydrogen-bond donors (Lipinski definition) is 2. The number of nitrogens with zero attached hydrogens (tertiary/aromatic N) is 1. The van der Waals surface area contributed by atoms with Gasteiger partial charge in [0.25, 0.3) is 0 Å². The number of nitriles is 1. The van der Waals surface area contributed by atoms with Gasteiger partial charge in [0, 0.05) is 6.04 Å². The van der Waals surface area contributed by atoms with Gasteiger partial charge in [0.2, 0.25) is 0 Å². The predicted molar refractivity (Wildman–Crippen MR) is 79.9 cm³/mol. The molecule has 3 N–H and O–H groups in total. The number of ether oxygens (including phenoxy) is 1. The van der Waals surface area contributed by atoms with E-state index < -0.39 is 5.97 Å². The van der Waals surface area contributed by atoms with E-state index in [1.165, 1.54) is 30.6 Å². The minimum absolute atomic E-state index is 0.231. The van der Waals surface area contributed by atoms with Crippen molar-refractivity contribution in [3.63, 3.8) is 0 Å². The molecule has 5 nitrogen and oxygen atoms in total. The lowest BCUT2D eigenvalue weighted by Crippen LogP contribution is -2.23. The van der Waals surface area contributed by atoms with Gasteiger partial charge in [-0.15, -0.1) is 11.3 Å². The van der Waals surface area contributed by atoms with E-state index >= 15 is 0 Å². The maximum Gasteiger partial charge on any atom is 0.343 e. The van der Waals surface area contributed by atoms with Gasteiger partial charge in [-0.1, -0.05) is 19.3 Å². The molecule has 0 aliphatic heterocycles. The monoisotopic (exact) mass is 293 g/mol. The summed E-state index contributed by atoms with van der Waals surface area (Å²) in [5.41, 5.74) is 6.45. The number of hydrogen-bond acceptors (Lipinski definition) is 6. The summed E-state index contributed by atoms with van der Waals surface area (Å²) in [5.74, 6) is -0.457. The molecule has 2 rings (SSSR count). The van der Waals surface area contributed by atoms with Crippen LogP contribution in [0.5, 0.6) is 0 Å². The molecule has 0 saturated heterocycles. The molecule has 0 amide bonds. The van der Waals surface area contributed by atoms with Crippen molar-refractivity contribution in [1.82, 2.24) is 0 Å². The van der Waals surface area contributed by atoms with E-state index in [1.807, 2.05) is 6.07 Å². The molecule has 0 aromatic carbocycles. The predicted octanol–water partition coefficient (Wildman–Crippen LogP) is 3.12. The lowest BCUT2D eigenvalue weighted by molar-refractivity contribution is 0.0529. The minimum Gasteiger partial charge on any atom is -0.462 e. The van der Waals surface area contributed by atoms with Gasteiger partial charge < -0.3 is 15.8 Å². The Labute approximate surface area is 122 Å². The summed E-state index contributed by atoms with van der Waals surface area (Å²) in [5, 5.41) is 13.1. The van der Waals surface area contributed by atoms with Gasteiger partial charge in [-0.3, -0.25) is 0 Å². The van der Waals surface area contributed by atoms with Crippen LogP contribution < -0.4 is 11.1 Å². The zero-order valence-corrected chi connectivity index (χ0v) is 12.4. The molecule has 6 heteroatoms. The van der Waals surface area contributed by atoms with Crippen LogP contribution >= 0.6 is 11.3 Å². The minimum atomic E-state index is -0.457. The molecule has 1 fully saturated rings. The first-order valence-corrected chi connectivity index (χ1v) is 7.75. The normalized spacial score (nSPS) is 15.6. The summed E-state index contributed by atoms with van der Waals surface area (Å²) < 4.78 is 5.03. The van der Waals surface area contributed by atoms with Crippen molar-refractivity contribution in [2.75, 3.05) is 17.7 Å². The van der Waals surface area contributed by atoms with Gasteiger partial charge in [-0.05, 0) is 19.8 Å². The number of anilines is 2. The highest BCUT2D eigenvalue weighted by Gasteiger charge is 2.25. The Morgan fingerprint density at radius 2 is 2.20 bits per heavy atom. The number of thiophene rings is 1. The highest BCUT2D eigenvalue weighted by atomic mass is 32.1. The van der Waals surface area contributed by atoms with Crippen molar-refractivity contribution in [3.8, 4) is 6.07 Å². The fraction of sp³-hybridized carbons (Fsp3) is 0.571. The first kappa shape index (κ1) is 14.7. The second-order valence-electron chi connectivity index (χ2n) is 4.86. The van der Waals surface area contributed by atoms with E-state index in [-0.39, 0.29) is 5.69 Å². The maximum atomic E-state index is 12.0. The van der Waals surface area contributed by atoms with E-state index in [0.717, 1.165) is 12.8 Å². The number of nitrogens with two attached hydrogens (primary N) is 1. The van der Waals surface area contributed by atoms with Crippen molar-refractivity contribution in [2.24, 2.45) is 0 Å². The van der Waals surface area contributed by atoms with Gasteiger partial charge in [0.1, 0.15) is 21.5 Å². The molecule has 0 radical (unpaired) electrons. The smallest absolute Gasteiger partial charge is 0.343 e. The molecule has 1 saturated carbocycles. The van der Waals surface area contributed by atoms with Crippen LogP contribution in [0.2, 0.25) is 0 Å². The second-order valence-corrected chi connectivity index (χ2v) is 5.88. The van der Waals surface area contributed by atoms with Gasteiger partial charge in [0.15, 0.2) is 0 Å². The van der Waals surface area contributed by atoms with Crippen LogP contribution in [0.25, 0.3) is 0 Å². The fourth-order valence-corrected chi connectivity index (χ4v) is 3.45. The van der Waals surface area contributed by atoms with Crippen molar-refractivity contribution in [3.05, 3.63) is 10.4 Å². The quantitative estimate of drug-likeness (QED) is 0.833. The van der Waals surface area contributed by atoms with Crippen LogP contribution in [0.3, 0.4) is 0 Å². The van der Waals surface area contributed by atoms with Gasteiger partial charge in [-0.25, -0.2) is 4.79 Å². The molecular weight excluding hydrogens is 274 g/mol. The third-order valence-corrected chi connectivity index (χ3v) is 4.51. The molecule has 1 aliphatic rings. The van der Waals surface area contributed by atoms with Crippen LogP contribution in [0.15, 0.2) is 0 Å². The van der Waals surface area contributed by atoms with Crippen LogP contribution in [-0.2, 0) is 4.74 Å². The largest absolute Gasteiger partial charge is 0.462 e. The molecule has 0 atom stereocenters. The third kappa shape index (κ3) is 3.05. The van der Waals surface area contributed by atoms with E-state index in [1.54, 1.807) is 6.92 Å². The number of nitrogen functional groups attached to an aromatic ring is 1. The van der Waals surface area contributed by atoms with Crippen molar-refractivity contribution in [2.45, 2.75) is 45.1 Å². The van der Waals surface area contributed by atoms with Gasteiger partial charge >= 0.3 is 5.97 Å². The zero-order chi connectivity index (χ0) is 14.5. The summed E-state index contributed by atoms with van der Waals surface area (Å²) >= 11 is 1.24. The van der Waals surface area contributed by atoms with Crippen LogP contribution in [0.4, 0.5) is 10.7 Å². The summed E-state index contributed by atoms with van der Waals surface area (Å²) in [7, 11) is 0. The number of nitrogens with one attached hydrogen (secondary N) is 1. The van der Waals surface area contributed by atoms with Crippen LogP contribution in [-0.4, -0.2) is 18.6 Å². The van der Waals surface area contributed by atoms with Crippen molar-refractivity contribution in [1.29, 1.82) is 5.26 Å². The summed E-state index contributed by atoms with van der Waals surface area (Å²) in [6, 6.07) is 2.38. The molecule has 1 aliphatic carbocycles. The van der Waals surface area contributed by atoms with Crippen LogP contribution in [0, 0.1) is 11.3 Å². The number of esters is 1. The van der Waals surface area contributed by atoms with Gasteiger partial charge in [-0.2, -0.15) is 5.26 Å². The standard InChI is InChI=1S/C14H19N3O2S/c1-2-19-14(18)11-12(16)10(8-15)20-13(11)17-9-6-4-3-5-7-9/h9,17H,2-7,16H2,1H3. The number of rotatable bonds is 4. The molecular formula is C14H19N3O2S. The third-order valence-electron chi connectivity index (χ3n) is 3.47. The lowest BCUT2D eigenvalue weighted by atomic mass is 9.95. The Kier molecular flexibility index (Phi) is 4.85. The molecule has 0 spiro atoms. The second kappa shape index (κ2) is 6.62. The Balaban J connectivity index is 2.26. The van der Waals surface area contributed by atoms with Crippen molar-refractivity contribution >= 4 is 28.0 Å². The highest BCUT2D eigenvalue weighted by Crippen LogP contribution is 2.37. The Morgan fingerprint density at radius 3 is 2.80 bits per heavy atom. The highest BCUT2D eigenvalue weighted by molar-refractivity contribution is 7.17. The first-order valence-electron chi connectivity index (χ1n) is 6.93.